The number of amides is 1. The van der Waals surface area contributed by atoms with Gasteiger partial charge in [-0.1, -0.05) is 6.42 Å². The van der Waals surface area contributed by atoms with E-state index in [0.717, 1.165) is 36.2 Å². The summed E-state index contributed by atoms with van der Waals surface area (Å²) in [6.07, 6.45) is 3.47. The molecule has 0 aliphatic carbocycles. The molecule has 1 fully saturated rings. The fourth-order valence-electron chi connectivity index (χ4n) is 3.73. The van der Waals surface area contributed by atoms with Gasteiger partial charge in [0.25, 0.3) is 0 Å². The van der Waals surface area contributed by atoms with E-state index in [2.05, 4.69) is 5.32 Å². The van der Waals surface area contributed by atoms with Gasteiger partial charge in [-0.15, -0.1) is 11.3 Å². The number of Topliss-reactive ketones (excluding diaryl/α,β-unsaturated/α-hetero) is 1. The zero-order chi connectivity index (χ0) is 22.0. The molecule has 4 rings (SSSR count). The van der Waals surface area contributed by atoms with E-state index in [1.165, 1.54) is 15.8 Å². The van der Waals surface area contributed by atoms with Crippen LogP contribution in [0.15, 0.2) is 34.5 Å². The molecular weight excluding hydrogens is 440 g/mol. The number of piperidine rings is 1. The second-order valence-corrected chi connectivity index (χ2v) is 10.3. The molecule has 2 aromatic rings. The molecule has 0 spiro atoms. The maximum atomic E-state index is 12.9. The van der Waals surface area contributed by atoms with E-state index in [1.54, 1.807) is 18.2 Å². The van der Waals surface area contributed by atoms with Crippen molar-refractivity contribution in [3.8, 4) is 0 Å². The number of carbonyl (C=O) groups excluding carboxylic acids is 3. The van der Waals surface area contributed by atoms with Crippen LogP contribution < -0.4 is 5.32 Å². The SMILES string of the molecule is O=C1CCc2cc(C(=O)COC(=O)c3sccc3S(=O)(=O)N3CCCCC3)ccc2N1. The summed E-state index contributed by atoms with van der Waals surface area (Å²) < 4.78 is 32.4. The van der Waals surface area contributed by atoms with E-state index in [9.17, 15) is 22.8 Å². The third-order valence-electron chi connectivity index (χ3n) is 5.40. The van der Waals surface area contributed by atoms with Gasteiger partial charge in [-0.3, -0.25) is 9.59 Å². The zero-order valence-electron chi connectivity index (χ0n) is 16.8. The van der Waals surface area contributed by atoms with Crippen LogP contribution in [-0.4, -0.2) is 50.1 Å². The van der Waals surface area contributed by atoms with Crippen molar-refractivity contribution in [1.82, 2.24) is 4.31 Å². The number of nitrogens with zero attached hydrogens (tertiary/aromatic N) is 1. The van der Waals surface area contributed by atoms with Crippen LogP contribution in [0.2, 0.25) is 0 Å². The Balaban J connectivity index is 1.44. The van der Waals surface area contributed by atoms with Crippen molar-refractivity contribution in [2.75, 3.05) is 25.0 Å². The van der Waals surface area contributed by atoms with Gasteiger partial charge in [0.1, 0.15) is 9.77 Å². The number of esters is 1. The molecule has 31 heavy (non-hydrogen) atoms. The van der Waals surface area contributed by atoms with E-state index in [0.29, 0.717) is 37.2 Å². The van der Waals surface area contributed by atoms with Gasteiger partial charge in [-0.05, 0) is 54.5 Å². The molecule has 10 heteroatoms. The Bertz CT molecular complexity index is 1130. The van der Waals surface area contributed by atoms with E-state index in [1.807, 2.05) is 0 Å². The lowest BCUT2D eigenvalue weighted by Gasteiger charge is -2.25. The molecule has 0 saturated carbocycles. The van der Waals surface area contributed by atoms with Crippen LogP contribution in [-0.2, 0) is 26.0 Å². The van der Waals surface area contributed by atoms with Crippen molar-refractivity contribution in [3.05, 3.63) is 45.6 Å². The zero-order valence-corrected chi connectivity index (χ0v) is 18.4. The Hall–Kier alpha value is -2.56. The average Bonchev–Trinajstić information content (AvgIpc) is 3.28. The predicted molar refractivity (Wildman–Crippen MR) is 115 cm³/mol. The average molecular weight is 463 g/mol. The van der Waals surface area contributed by atoms with Crippen LogP contribution in [0.1, 0.15) is 51.3 Å². The first-order valence-corrected chi connectivity index (χ1v) is 12.4. The predicted octanol–water partition coefficient (Wildman–Crippen LogP) is 2.85. The summed E-state index contributed by atoms with van der Waals surface area (Å²) in [5.74, 6) is -1.29. The number of anilines is 1. The number of thiophene rings is 1. The number of sulfonamides is 1. The molecule has 2 aliphatic heterocycles. The number of aryl methyl sites for hydroxylation is 1. The quantitative estimate of drug-likeness (QED) is 0.522. The third-order valence-corrected chi connectivity index (χ3v) is 8.37. The summed E-state index contributed by atoms with van der Waals surface area (Å²) in [5.41, 5.74) is 1.90. The Morgan fingerprint density at radius 2 is 1.87 bits per heavy atom. The first kappa shape index (κ1) is 21.7. The number of benzene rings is 1. The molecule has 0 unspecified atom stereocenters. The van der Waals surface area contributed by atoms with Crippen LogP contribution in [0.25, 0.3) is 0 Å². The van der Waals surface area contributed by atoms with Crippen LogP contribution in [0.3, 0.4) is 0 Å². The van der Waals surface area contributed by atoms with Gasteiger partial charge in [0.15, 0.2) is 12.4 Å². The monoisotopic (exact) mass is 462 g/mol. The molecule has 0 radical (unpaired) electrons. The maximum Gasteiger partial charge on any atom is 0.350 e. The van der Waals surface area contributed by atoms with Gasteiger partial charge in [0, 0.05) is 30.8 Å². The van der Waals surface area contributed by atoms with Crippen LogP contribution >= 0.6 is 11.3 Å². The standard InChI is InChI=1S/C21H22N2O6S2/c24-17(15-4-6-16-14(12-15)5-7-19(25)22-16)13-29-21(26)20-18(8-11-30-20)31(27,28)23-9-2-1-3-10-23/h4,6,8,11-12H,1-3,5,7,9-10,13H2,(H,22,25). The third kappa shape index (κ3) is 4.56. The Morgan fingerprint density at radius 1 is 1.10 bits per heavy atom. The van der Waals surface area contributed by atoms with Gasteiger partial charge in [-0.2, -0.15) is 4.31 Å². The molecular formula is C21H22N2O6S2. The summed E-state index contributed by atoms with van der Waals surface area (Å²) in [7, 11) is -3.78. The number of fused-ring (bicyclic) bond motifs is 1. The van der Waals surface area contributed by atoms with E-state index in [4.69, 9.17) is 4.74 Å². The number of carbonyl (C=O) groups is 3. The number of hydrogen-bond donors (Lipinski definition) is 1. The van der Waals surface area contributed by atoms with Crippen molar-refractivity contribution < 1.29 is 27.5 Å². The van der Waals surface area contributed by atoms with Gasteiger partial charge >= 0.3 is 5.97 Å². The van der Waals surface area contributed by atoms with Crippen LogP contribution in [0.4, 0.5) is 5.69 Å². The fraction of sp³-hybridized carbons (Fsp3) is 0.381. The number of ether oxygens (including phenoxy) is 1. The van der Waals surface area contributed by atoms with Crippen molar-refractivity contribution in [1.29, 1.82) is 0 Å². The lowest BCUT2D eigenvalue weighted by molar-refractivity contribution is -0.116. The van der Waals surface area contributed by atoms with Gasteiger partial charge < -0.3 is 10.1 Å². The van der Waals surface area contributed by atoms with Crippen molar-refractivity contribution in [2.45, 2.75) is 37.0 Å². The first-order chi connectivity index (χ1) is 14.9. The highest BCUT2D eigenvalue weighted by Crippen LogP contribution is 2.28. The highest BCUT2D eigenvalue weighted by Gasteiger charge is 2.31. The summed E-state index contributed by atoms with van der Waals surface area (Å²) in [6.45, 7) is 0.374. The second kappa shape index (κ2) is 8.89. The number of hydrogen-bond acceptors (Lipinski definition) is 7. The van der Waals surface area contributed by atoms with Crippen LogP contribution in [0, 0.1) is 0 Å². The summed E-state index contributed by atoms with van der Waals surface area (Å²) >= 11 is 0.983. The highest BCUT2D eigenvalue weighted by molar-refractivity contribution is 7.89. The minimum atomic E-state index is -3.78. The smallest absolute Gasteiger partial charge is 0.350 e. The topological polar surface area (TPSA) is 110 Å². The molecule has 8 nitrogen and oxygen atoms in total. The number of rotatable bonds is 6. The summed E-state index contributed by atoms with van der Waals surface area (Å²) in [5, 5.41) is 4.28. The molecule has 1 aromatic carbocycles. The van der Waals surface area contributed by atoms with Crippen molar-refractivity contribution in [3.63, 3.8) is 0 Å². The minimum Gasteiger partial charge on any atom is -0.453 e. The highest BCUT2D eigenvalue weighted by atomic mass is 32.2. The minimum absolute atomic E-state index is 0.0217. The number of ketones is 1. The normalized spacial score (nSPS) is 17.0. The maximum absolute atomic E-state index is 12.9. The number of nitrogens with one attached hydrogen (secondary N) is 1. The molecule has 0 bridgehead atoms. The molecule has 1 amide bonds. The molecule has 1 N–H and O–H groups in total. The summed E-state index contributed by atoms with van der Waals surface area (Å²) in [6, 6.07) is 6.31. The first-order valence-electron chi connectivity index (χ1n) is 10.1. The lowest BCUT2D eigenvalue weighted by atomic mass is 9.99. The second-order valence-electron chi connectivity index (χ2n) is 7.50. The molecule has 1 aromatic heterocycles. The van der Waals surface area contributed by atoms with Crippen molar-refractivity contribution in [2.24, 2.45) is 0 Å². The molecule has 2 aliphatic rings. The Labute approximate surface area is 184 Å². The molecule has 164 valence electrons. The lowest BCUT2D eigenvalue weighted by Crippen LogP contribution is -2.36. The summed E-state index contributed by atoms with van der Waals surface area (Å²) in [4.78, 5) is 36.4. The Kier molecular flexibility index (Phi) is 6.22. The van der Waals surface area contributed by atoms with E-state index in [-0.39, 0.29) is 15.7 Å². The van der Waals surface area contributed by atoms with Crippen LogP contribution in [0.5, 0.6) is 0 Å². The van der Waals surface area contributed by atoms with Gasteiger partial charge in [0.05, 0.1) is 0 Å². The van der Waals surface area contributed by atoms with E-state index < -0.39 is 28.4 Å². The Morgan fingerprint density at radius 3 is 2.65 bits per heavy atom. The molecule has 3 heterocycles. The van der Waals surface area contributed by atoms with Gasteiger partial charge in [-0.25, -0.2) is 13.2 Å². The largest absolute Gasteiger partial charge is 0.453 e. The van der Waals surface area contributed by atoms with Gasteiger partial charge in [0.2, 0.25) is 15.9 Å². The molecule has 0 atom stereocenters. The van der Waals surface area contributed by atoms with E-state index >= 15 is 0 Å². The fourth-order valence-corrected chi connectivity index (χ4v) is 6.53. The van der Waals surface area contributed by atoms with Crippen molar-refractivity contribution >= 4 is 44.7 Å². The molecule has 1 saturated heterocycles.